The third-order valence-corrected chi connectivity index (χ3v) is 7.51. The molecule has 4 atom stereocenters. The lowest BCUT2D eigenvalue weighted by molar-refractivity contribution is -0.140. The number of aromatic nitrogens is 3. The minimum Gasteiger partial charge on any atom is -0.342 e. The molecule has 3 aliphatic rings. The van der Waals surface area contributed by atoms with Gasteiger partial charge in [0, 0.05) is 38.0 Å². The summed E-state index contributed by atoms with van der Waals surface area (Å²) >= 11 is 5.78. The first-order valence-corrected chi connectivity index (χ1v) is 11.7. The molecule has 6 nitrogen and oxygen atoms in total. The first-order valence-electron chi connectivity index (χ1n) is 11.3. The average Bonchev–Trinajstić information content (AvgIpc) is 3.20. The molecule has 3 aliphatic heterocycles. The van der Waals surface area contributed by atoms with Crippen LogP contribution in [0.5, 0.6) is 0 Å². The van der Waals surface area contributed by atoms with Gasteiger partial charge >= 0.3 is 0 Å². The van der Waals surface area contributed by atoms with Gasteiger partial charge in [-0.2, -0.15) is 0 Å². The molecule has 2 aromatic rings. The Hall–Kier alpha value is -1.92. The van der Waals surface area contributed by atoms with Crippen molar-refractivity contribution < 1.29 is 4.79 Å². The van der Waals surface area contributed by atoms with Crippen molar-refractivity contribution in [1.29, 1.82) is 0 Å². The standard InChI is InChI=1S/C23H30ClN5O/c24-23-25-21(26-27-23)9-10-22(30)28-14-17-13-18(15-28)20(12-16-6-2-1-3-7-16)29-11-5-4-8-19(17)29/h1-3,6-7,17-20H,4-5,8-15H2,(H,25,26,27)/t17-,18+,19+,20+/m1/s1. The van der Waals surface area contributed by atoms with Crippen molar-refractivity contribution >= 4 is 17.5 Å². The van der Waals surface area contributed by atoms with Gasteiger partial charge in [0.05, 0.1) is 0 Å². The van der Waals surface area contributed by atoms with Crippen LogP contribution in [0.1, 0.15) is 43.5 Å². The number of likely N-dealkylation sites (tertiary alicyclic amines) is 1. The predicted molar refractivity (Wildman–Crippen MR) is 116 cm³/mol. The topological polar surface area (TPSA) is 65.1 Å². The van der Waals surface area contributed by atoms with Crippen LogP contribution in [0.4, 0.5) is 0 Å². The number of carbonyl (C=O) groups is 1. The zero-order valence-electron chi connectivity index (χ0n) is 17.3. The van der Waals surface area contributed by atoms with E-state index in [9.17, 15) is 4.79 Å². The van der Waals surface area contributed by atoms with Crippen LogP contribution in [0.15, 0.2) is 30.3 Å². The molecule has 30 heavy (non-hydrogen) atoms. The Balaban J connectivity index is 1.30. The molecule has 3 saturated heterocycles. The van der Waals surface area contributed by atoms with E-state index < -0.39 is 0 Å². The van der Waals surface area contributed by atoms with E-state index >= 15 is 0 Å². The molecule has 1 amide bonds. The molecule has 5 rings (SSSR count). The molecule has 0 aliphatic carbocycles. The molecular weight excluding hydrogens is 398 g/mol. The van der Waals surface area contributed by atoms with Gasteiger partial charge in [-0.15, -0.1) is 5.10 Å². The maximum absolute atomic E-state index is 13.1. The smallest absolute Gasteiger partial charge is 0.242 e. The average molecular weight is 428 g/mol. The van der Waals surface area contributed by atoms with Crippen molar-refractivity contribution in [2.24, 2.45) is 11.8 Å². The van der Waals surface area contributed by atoms with Crippen LogP contribution in [0.2, 0.25) is 5.28 Å². The van der Waals surface area contributed by atoms with E-state index in [1.54, 1.807) is 0 Å². The maximum atomic E-state index is 13.1. The summed E-state index contributed by atoms with van der Waals surface area (Å²) in [7, 11) is 0. The molecule has 1 aromatic heterocycles. The van der Waals surface area contributed by atoms with Crippen LogP contribution < -0.4 is 0 Å². The highest BCUT2D eigenvalue weighted by Crippen LogP contribution is 2.42. The Morgan fingerprint density at radius 3 is 2.80 bits per heavy atom. The maximum Gasteiger partial charge on any atom is 0.242 e. The fraction of sp³-hybridized carbons (Fsp3) is 0.609. The lowest BCUT2D eigenvalue weighted by atomic mass is 9.71. The van der Waals surface area contributed by atoms with Crippen molar-refractivity contribution in [1.82, 2.24) is 25.0 Å². The summed E-state index contributed by atoms with van der Waals surface area (Å²) in [5.41, 5.74) is 1.41. The highest BCUT2D eigenvalue weighted by Gasteiger charge is 2.47. The molecule has 1 aromatic carbocycles. The Labute approximate surface area is 183 Å². The second-order valence-electron chi connectivity index (χ2n) is 9.16. The van der Waals surface area contributed by atoms with Crippen LogP contribution in [0.25, 0.3) is 0 Å². The molecule has 160 valence electrons. The molecule has 2 bridgehead atoms. The van der Waals surface area contributed by atoms with E-state index in [0.29, 0.717) is 42.6 Å². The van der Waals surface area contributed by atoms with Gasteiger partial charge in [-0.1, -0.05) is 36.8 Å². The van der Waals surface area contributed by atoms with Crippen molar-refractivity contribution in [2.75, 3.05) is 19.6 Å². The summed E-state index contributed by atoms with van der Waals surface area (Å²) in [5, 5.41) is 6.87. The Kier molecular flexibility index (Phi) is 5.79. The molecular formula is C23H30ClN5O. The van der Waals surface area contributed by atoms with Crippen LogP contribution in [-0.2, 0) is 17.6 Å². The molecule has 1 N–H and O–H groups in total. The molecule has 0 unspecified atom stereocenters. The highest BCUT2D eigenvalue weighted by molar-refractivity contribution is 6.28. The van der Waals surface area contributed by atoms with Crippen LogP contribution >= 0.6 is 11.6 Å². The summed E-state index contributed by atoms with van der Waals surface area (Å²) in [6.07, 6.45) is 7.29. The third-order valence-electron chi connectivity index (χ3n) is 7.34. The van der Waals surface area contributed by atoms with Crippen LogP contribution in [-0.4, -0.2) is 62.6 Å². The lowest BCUT2D eigenvalue weighted by Crippen LogP contribution is -2.64. The highest BCUT2D eigenvalue weighted by atomic mass is 35.5. The number of nitrogens with zero attached hydrogens (tertiary/aromatic N) is 4. The molecule has 3 fully saturated rings. The first-order chi connectivity index (χ1) is 14.7. The number of hydrogen-bond donors (Lipinski definition) is 1. The zero-order valence-corrected chi connectivity index (χ0v) is 18.1. The fourth-order valence-corrected chi connectivity index (χ4v) is 6.16. The van der Waals surface area contributed by atoms with E-state index in [2.05, 4.69) is 55.3 Å². The van der Waals surface area contributed by atoms with Gasteiger partial charge in [0.15, 0.2) is 0 Å². The normalized spacial score (nSPS) is 28.9. The van der Waals surface area contributed by atoms with Crippen LogP contribution in [0, 0.1) is 11.8 Å². The van der Waals surface area contributed by atoms with E-state index in [4.69, 9.17) is 11.6 Å². The van der Waals surface area contributed by atoms with Gasteiger partial charge < -0.3 is 4.90 Å². The second kappa shape index (κ2) is 8.67. The Bertz CT molecular complexity index is 871. The number of aryl methyl sites for hydroxylation is 1. The number of H-pyrrole nitrogens is 1. The largest absolute Gasteiger partial charge is 0.342 e. The van der Waals surface area contributed by atoms with E-state index in [1.807, 2.05) is 0 Å². The number of amides is 1. The van der Waals surface area contributed by atoms with Gasteiger partial charge in [-0.25, -0.2) is 4.98 Å². The Morgan fingerprint density at radius 2 is 2.00 bits per heavy atom. The number of nitrogens with one attached hydrogen (secondary N) is 1. The quantitative estimate of drug-likeness (QED) is 0.794. The second-order valence-corrected chi connectivity index (χ2v) is 9.50. The number of carbonyl (C=O) groups excluding carboxylic acids is 1. The van der Waals surface area contributed by atoms with Gasteiger partial charge in [0.1, 0.15) is 5.82 Å². The van der Waals surface area contributed by atoms with Crippen LogP contribution in [0.3, 0.4) is 0 Å². The number of benzene rings is 1. The van der Waals surface area contributed by atoms with E-state index in [-0.39, 0.29) is 11.2 Å². The van der Waals surface area contributed by atoms with Gasteiger partial charge in [-0.3, -0.25) is 14.8 Å². The molecule has 0 radical (unpaired) electrons. The summed E-state index contributed by atoms with van der Waals surface area (Å²) in [5.74, 6) is 2.09. The number of hydrogen-bond acceptors (Lipinski definition) is 4. The zero-order chi connectivity index (χ0) is 20.5. The first kappa shape index (κ1) is 20.0. The van der Waals surface area contributed by atoms with E-state index in [1.165, 1.54) is 37.8 Å². The third kappa shape index (κ3) is 4.12. The molecule has 7 heteroatoms. The monoisotopic (exact) mass is 427 g/mol. The SMILES string of the molecule is O=C(CCc1nc(Cl)n[nH]1)N1C[C@H]2C[C@@H](C1)[C@H](Cc1ccccc1)N1CCCC[C@@H]21. The van der Waals surface area contributed by atoms with Gasteiger partial charge in [-0.05, 0) is 61.2 Å². The minimum absolute atomic E-state index is 0.214. The summed E-state index contributed by atoms with van der Waals surface area (Å²) in [4.78, 5) is 22.1. The van der Waals surface area contributed by atoms with E-state index in [0.717, 1.165) is 19.5 Å². The van der Waals surface area contributed by atoms with Crippen molar-refractivity contribution in [3.05, 3.63) is 47.0 Å². The van der Waals surface area contributed by atoms with Gasteiger partial charge in [0.25, 0.3) is 0 Å². The lowest BCUT2D eigenvalue weighted by Gasteiger charge is -2.57. The molecule has 0 spiro atoms. The predicted octanol–water partition coefficient (Wildman–Crippen LogP) is 3.33. The van der Waals surface area contributed by atoms with Gasteiger partial charge in [0.2, 0.25) is 11.2 Å². The number of halogens is 1. The number of piperidine rings is 3. The molecule has 4 heterocycles. The summed E-state index contributed by atoms with van der Waals surface area (Å²) in [6.45, 7) is 3.01. The number of rotatable bonds is 5. The fourth-order valence-electron chi connectivity index (χ4n) is 6.02. The van der Waals surface area contributed by atoms with Crippen molar-refractivity contribution in [3.8, 4) is 0 Å². The Morgan fingerprint density at radius 1 is 1.17 bits per heavy atom. The van der Waals surface area contributed by atoms with Crippen molar-refractivity contribution in [2.45, 2.75) is 57.0 Å². The number of fused-ring (bicyclic) bond motifs is 4. The summed E-state index contributed by atoms with van der Waals surface area (Å²) in [6, 6.07) is 12.0. The summed E-state index contributed by atoms with van der Waals surface area (Å²) < 4.78 is 0. The molecule has 0 saturated carbocycles. The van der Waals surface area contributed by atoms with Crippen molar-refractivity contribution in [3.63, 3.8) is 0 Å². The number of aromatic amines is 1. The minimum atomic E-state index is 0.214.